The lowest BCUT2D eigenvalue weighted by Gasteiger charge is -2.06. The van der Waals surface area contributed by atoms with Gasteiger partial charge in [0.05, 0.1) is 6.42 Å². The Balaban J connectivity index is 3.01. The molecule has 1 aromatic rings. The summed E-state index contributed by atoms with van der Waals surface area (Å²) in [6.45, 7) is 1.62. The van der Waals surface area contributed by atoms with Crippen LogP contribution in [-0.2, 0) is 4.79 Å². The fraction of sp³-hybridized carbons (Fsp3) is 0.375. The van der Waals surface area contributed by atoms with E-state index in [-0.39, 0.29) is 12.3 Å². The summed E-state index contributed by atoms with van der Waals surface area (Å²) < 4.78 is 0. The van der Waals surface area contributed by atoms with Crippen LogP contribution in [0, 0.1) is 0 Å². The predicted molar refractivity (Wildman–Crippen MR) is 48.4 cm³/mol. The van der Waals surface area contributed by atoms with E-state index in [2.05, 4.69) is 4.98 Å². The second kappa shape index (κ2) is 3.91. The molecule has 0 bridgehead atoms. The molecule has 1 heterocycles. The highest BCUT2D eigenvalue weighted by Crippen LogP contribution is 2.13. The van der Waals surface area contributed by atoms with E-state index in [0.29, 0.717) is 5.69 Å². The van der Waals surface area contributed by atoms with Gasteiger partial charge in [-0.1, -0.05) is 6.92 Å². The Kier molecular flexibility index (Phi) is 2.85. The summed E-state index contributed by atoms with van der Waals surface area (Å²) in [4.78, 5) is 36.5. The molecule has 1 aromatic heterocycles. The second-order valence-electron chi connectivity index (χ2n) is 3.04. The van der Waals surface area contributed by atoms with Crippen molar-refractivity contribution in [3.05, 3.63) is 32.6 Å². The van der Waals surface area contributed by atoms with Crippen molar-refractivity contribution in [2.45, 2.75) is 19.3 Å². The summed E-state index contributed by atoms with van der Waals surface area (Å²) in [6.07, 6.45) is -0.126. The van der Waals surface area contributed by atoms with Crippen molar-refractivity contribution in [3.63, 3.8) is 0 Å². The molecule has 0 aromatic carbocycles. The minimum Gasteiger partial charge on any atom is -0.481 e. The number of nitrogens with one attached hydrogen (secondary N) is 2. The molecule has 1 rings (SSSR count). The first-order valence-corrected chi connectivity index (χ1v) is 4.04. The molecule has 76 valence electrons. The third-order valence-corrected chi connectivity index (χ3v) is 1.79. The molecule has 1 unspecified atom stereocenters. The number of rotatable bonds is 3. The van der Waals surface area contributed by atoms with E-state index in [9.17, 15) is 14.4 Å². The Labute approximate surface area is 78.6 Å². The molecule has 0 aliphatic rings. The molecule has 0 saturated heterocycles. The molecule has 0 saturated carbocycles. The van der Waals surface area contributed by atoms with Crippen molar-refractivity contribution in [1.29, 1.82) is 0 Å². The van der Waals surface area contributed by atoms with Gasteiger partial charge < -0.3 is 10.1 Å². The number of H-pyrrole nitrogens is 2. The standard InChI is InChI=1S/C8H10N2O4/c1-4(2-7(12)13)5-3-6(11)10-8(14)9-5/h3-4H,2H2,1H3,(H,12,13)(H2,9,10,11,14). The van der Waals surface area contributed by atoms with Gasteiger partial charge in [0.1, 0.15) is 0 Å². The number of carbonyl (C=O) groups is 1. The minimum absolute atomic E-state index is 0.126. The zero-order valence-corrected chi connectivity index (χ0v) is 7.53. The van der Waals surface area contributed by atoms with E-state index in [1.54, 1.807) is 6.92 Å². The maximum atomic E-state index is 10.9. The molecule has 3 N–H and O–H groups in total. The van der Waals surface area contributed by atoms with E-state index in [4.69, 9.17) is 5.11 Å². The van der Waals surface area contributed by atoms with Crippen LogP contribution in [0.4, 0.5) is 0 Å². The van der Waals surface area contributed by atoms with E-state index in [0.717, 1.165) is 0 Å². The summed E-state index contributed by atoms with van der Waals surface area (Å²) in [5, 5.41) is 8.51. The molecular formula is C8H10N2O4. The quantitative estimate of drug-likeness (QED) is 0.617. The van der Waals surface area contributed by atoms with Gasteiger partial charge in [0.2, 0.25) is 0 Å². The van der Waals surface area contributed by atoms with E-state index < -0.39 is 17.2 Å². The van der Waals surface area contributed by atoms with Crippen LogP contribution in [0.3, 0.4) is 0 Å². The Morgan fingerprint density at radius 1 is 1.50 bits per heavy atom. The average Bonchev–Trinajstić information content (AvgIpc) is 2.00. The number of carboxylic acid groups (broad SMARTS) is 1. The lowest BCUT2D eigenvalue weighted by Crippen LogP contribution is -2.24. The minimum atomic E-state index is -0.973. The van der Waals surface area contributed by atoms with Crippen LogP contribution in [0.5, 0.6) is 0 Å². The molecule has 6 nitrogen and oxygen atoms in total. The average molecular weight is 198 g/mol. The Hall–Kier alpha value is -1.85. The lowest BCUT2D eigenvalue weighted by molar-refractivity contribution is -0.137. The van der Waals surface area contributed by atoms with Crippen LogP contribution in [0.25, 0.3) is 0 Å². The van der Waals surface area contributed by atoms with Crippen molar-refractivity contribution in [3.8, 4) is 0 Å². The largest absolute Gasteiger partial charge is 0.481 e. The predicted octanol–water partition coefficient (Wildman–Crippen LogP) is -0.359. The molecule has 6 heteroatoms. The number of hydrogen-bond acceptors (Lipinski definition) is 3. The maximum absolute atomic E-state index is 10.9. The number of carboxylic acids is 1. The van der Waals surface area contributed by atoms with Crippen LogP contribution >= 0.6 is 0 Å². The normalized spacial score (nSPS) is 12.4. The first kappa shape index (κ1) is 10.2. The zero-order valence-electron chi connectivity index (χ0n) is 7.53. The van der Waals surface area contributed by atoms with Crippen LogP contribution in [0.1, 0.15) is 25.0 Å². The number of aromatic nitrogens is 2. The van der Waals surface area contributed by atoms with Crippen LogP contribution in [0.2, 0.25) is 0 Å². The molecule has 0 amide bonds. The maximum Gasteiger partial charge on any atom is 0.325 e. The summed E-state index contributed by atoms with van der Waals surface area (Å²) >= 11 is 0. The molecule has 14 heavy (non-hydrogen) atoms. The second-order valence-corrected chi connectivity index (χ2v) is 3.04. The van der Waals surface area contributed by atoms with Gasteiger partial charge in [-0.2, -0.15) is 0 Å². The van der Waals surface area contributed by atoms with Gasteiger partial charge in [-0.15, -0.1) is 0 Å². The van der Waals surface area contributed by atoms with Crippen molar-refractivity contribution in [2.75, 3.05) is 0 Å². The lowest BCUT2D eigenvalue weighted by atomic mass is 10.0. The van der Waals surface area contributed by atoms with Gasteiger partial charge in [-0.05, 0) is 0 Å². The molecule has 0 aliphatic carbocycles. The highest BCUT2D eigenvalue weighted by molar-refractivity contribution is 5.67. The third-order valence-electron chi connectivity index (χ3n) is 1.79. The van der Waals surface area contributed by atoms with Crippen molar-refractivity contribution in [1.82, 2.24) is 9.97 Å². The van der Waals surface area contributed by atoms with E-state index >= 15 is 0 Å². The van der Waals surface area contributed by atoms with Gasteiger partial charge in [-0.25, -0.2) is 4.79 Å². The van der Waals surface area contributed by atoms with Crippen LogP contribution in [0.15, 0.2) is 15.7 Å². The SMILES string of the molecule is CC(CC(=O)O)c1cc(=O)[nH]c(=O)[nH]1. The highest BCUT2D eigenvalue weighted by atomic mass is 16.4. The summed E-state index contributed by atoms with van der Waals surface area (Å²) in [7, 11) is 0. The van der Waals surface area contributed by atoms with Crippen LogP contribution in [-0.4, -0.2) is 21.0 Å². The third kappa shape index (κ3) is 2.58. The highest BCUT2D eigenvalue weighted by Gasteiger charge is 2.11. The van der Waals surface area contributed by atoms with Crippen molar-refractivity contribution < 1.29 is 9.90 Å². The first-order chi connectivity index (χ1) is 6.49. The molecule has 0 aliphatic heterocycles. The van der Waals surface area contributed by atoms with Gasteiger partial charge in [0, 0.05) is 17.7 Å². The summed E-state index contributed by atoms with van der Waals surface area (Å²) in [5.41, 5.74) is -0.813. The van der Waals surface area contributed by atoms with E-state index in [1.807, 2.05) is 4.98 Å². The van der Waals surface area contributed by atoms with E-state index in [1.165, 1.54) is 6.07 Å². The van der Waals surface area contributed by atoms with Crippen molar-refractivity contribution >= 4 is 5.97 Å². The molecular weight excluding hydrogens is 188 g/mol. The van der Waals surface area contributed by atoms with Gasteiger partial charge in [-0.3, -0.25) is 14.6 Å². The smallest absolute Gasteiger partial charge is 0.325 e. The van der Waals surface area contributed by atoms with Crippen molar-refractivity contribution in [2.24, 2.45) is 0 Å². The van der Waals surface area contributed by atoms with Crippen LogP contribution < -0.4 is 11.2 Å². The monoisotopic (exact) mass is 198 g/mol. The number of aliphatic carboxylic acids is 1. The first-order valence-electron chi connectivity index (χ1n) is 4.04. The van der Waals surface area contributed by atoms with Gasteiger partial charge in [0.25, 0.3) is 5.56 Å². The Morgan fingerprint density at radius 3 is 2.64 bits per heavy atom. The summed E-state index contributed by atoms with van der Waals surface area (Å²) in [6, 6.07) is 1.19. The zero-order chi connectivity index (χ0) is 10.7. The molecule has 0 fully saturated rings. The fourth-order valence-electron chi connectivity index (χ4n) is 1.12. The Bertz CT molecular complexity index is 417. The van der Waals surface area contributed by atoms with Gasteiger partial charge in [0.15, 0.2) is 0 Å². The Morgan fingerprint density at radius 2 is 2.14 bits per heavy atom. The molecule has 0 radical (unpaired) electrons. The number of hydrogen-bond donors (Lipinski definition) is 3. The molecule has 1 atom stereocenters. The number of aromatic amines is 2. The topological polar surface area (TPSA) is 103 Å². The summed E-state index contributed by atoms with van der Waals surface area (Å²) in [5.74, 6) is -1.36. The fourth-order valence-corrected chi connectivity index (χ4v) is 1.12. The molecule has 0 spiro atoms. The van der Waals surface area contributed by atoms with Gasteiger partial charge >= 0.3 is 11.7 Å².